The summed E-state index contributed by atoms with van der Waals surface area (Å²) in [6, 6.07) is 14.0. The third-order valence-electron chi connectivity index (χ3n) is 4.95. The van der Waals surface area contributed by atoms with E-state index in [0.29, 0.717) is 36.9 Å². The van der Waals surface area contributed by atoms with Gasteiger partial charge in [0.15, 0.2) is 6.61 Å². The van der Waals surface area contributed by atoms with Crippen LogP contribution in [0, 0.1) is 0 Å². The lowest BCUT2D eigenvalue weighted by Crippen LogP contribution is -2.49. The van der Waals surface area contributed by atoms with Crippen LogP contribution in [0.25, 0.3) is 0 Å². The predicted molar refractivity (Wildman–Crippen MR) is 116 cm³/mol. The molecule has 1 saturated heterocycles. The lowest BCUT2D eigenvalue weighted by atomic mass is 10.1. The van der Waals surface area contributed by atoms with Gasteiger partial charge in [0.2, 0.25) is 5.91 Å². The predicted octanol–water partition coefficient (Wildman–Crippen LogP) is 3.82. The van der Waals surface area contributed by atoms with E-state index in [0.717, 1.165) is 24.2 Å². The van der Waals surface area contributed by atoms with Crippen LogP contribution in [0.4, 0.5) is 0 Å². The molecule has 0 aliphatic carbocycles. The van der Waals surface area contributed by atoms with Crippen molar-refractivity contribution in [1.29, 1.82) is 0 Å². The Kier molecular flexibility index (Phi) is 7.97. The molecule has 1 atom stereocenters. The molecule has 2 aromatic carbocycles. The fourth-order valence-corrected chi connectivity index (χ4v) is 3.61. The van der Waals surface area contributed by atoms with Crippen LogP contribution in [0.1, 0.15) is 31.7 Å². The fraction of sp³-hybridized carbons (Fsp3) is 0.391. The number of rotatable bonds is 8. The summed E-state index contributed by atoms with van der Waals surface area (Å²) in [5.41, 5.74) is 0.923. The zero-order valence-electron chi connectivity index (χ0n) is 17.1. The number of hydrogen-bond donors (Lipinski definition) is 1. The van der Waals surface area contributed by atoms with Gasteiger partial charge in [0.1, 0.15) is 17.5 Å². The van der Waals surface area contributed by atoms with Crippen molar-refractivity contribution >= 4 is 23.4 Å². The van der Waals surface area contributed by atoms with Gasteiger partial charge in [-0.3, -0.25) is 9.59 Å². The van der Waals surface area contributed by atoms with Gasteiger partial charge >= 0.3 is 0 Å². The topological polar surface area (TPSA) is 67.9 Å². The normalized spacial score (nSPS) is 16.3. The number of benzene rings is 2. The minimum absolute atomic E-state index is 0.116. The lowest BCUT2D eigenvalue weighted by Gasteiger charge is -2.30. The Balaban J connectivity index is 1.75. The molecule has 160 valence electrons. The zero-order chi connectivity index (χ0) is 21.3. The monoisotopic (exact) mass is 430 g/mol. The Morgan fingerprint density at radius 1 is 1.13 bits per heavy atom. The van der Waals surface area contributed by atoms with Gasteiger partial charge in [-0.2, -0.15) is 0 Å². The van der Waals surface area contributed by atoms with Crippen molar-refractivity contribution in [3.05, 3.63) is 59.1 Å². The number of nitrogens with one attached hydrogen (secondary N) is 1. The number of carbonyl (C=O) groups excluding carboxylic acids is 2. The molecular weight excluding hydrogens is 404 g/mol. The van der Waals surface area contributed by atoms with Crippen molar-refractivity contribution in [3.8, 4) is 11.5 Å². The van der Waals surface area contributed by atoms with Crippen LogP contribution in [0.5, 0.6) is 11.5 Å². The summed E-state index contributed by atoms with van der Waals surface area (Å²) < 4.78 is 11.1. The van der Waals surface area contributed by atoms with Gasteiger partial charge in [-0.1, -0.05) is 29.8 Å². The number of nitrogens with zero attached hydrogens (tertiary/aromatic N) is 1. The summed E-state index contributed by atoms with van der Waals surface area (Å²) in [5.74, 6) is 0.929. The summed E-state index contributed by atoms with van der Waals surface area (Å²) in [7, 11) is 0. The van der Waals surface area contributed by atoms with E-state index in [1.165, 1.54) is 0 Å². The number of halogens is 1. The van der Waals surface area contributed by atoms with Crippen molar-refractivity contribution in [3.63, 3.8) is 0 Å². The third kappa shape index (κ3) is 6.13. The Morgan fingerprint density at radius 3 is 2.67 bits per heavy atom. The molecule has 0 saturated carbocycles. The molecule has 0 spiro atoms. The number of carbonyl (C=O) groups is 2. The van der Waals surface area contributed by atoms with Crippen LogP contribution in [0.2, 0.25) is 5.02 Å². The molecule has 7 heteroatoms. The van der Waals surface area contributed by atoms with E-state index in [-0.39, 0.29) is 18.4 Å². The minimum Gasteiger partial charge on any atom is -0.494 e. The molecular formula is C23H27ClN2O4. The first-order chi connectivity index (χ1) is 14.6. The molecule has 0 bridgehead atoms. The molecule has 6 nitrogen and oxygen atoms in total. The lowest BCUT2D eigenvalue weighted by molar-refractivity contribution is -0.142. The van der Waals surface area contributed by atoms with Crippen LogP contribution in [-0.2, 0) is 16.1 Å². The van der Waals surface area contributed by atoms with Gasteiger partial charge in [0.25, 0.3) is 5.91 Å². The Bertz CT molecular complexity index is 857. The van der Waals surface area contributed by atoms with E-state index in [2.05, 4.69) is 5.32 Å². The smallest absolute Gasteiger partial charge is 0.261 e. The molecule has 30 heavy (non-hydrogen) atoms. The molecule has 1 unspecified atom stereocenters. The molecule has 1 aliphatic heterocycles. The maximum Gasteiger partial charge on any atom is 0.261 e. The summed E-state index contributed by atoms with van der Waals surface area (Å²) in [6.45, 7) is 3.31. The first kappa shape index (κ1) is 22.0. The van der Waals surface area contributed by atoms with E-state index < -0.39 is 6.04 Å². The van der Waals surface area contributed by atoms with Crippen LogP contribution in [0.3, 0.4) is 0 Å². The van der Waals surface area contributed by atoms with E-state index in [9.17, 15) is 9.59 Å². The number of ether oxygens (including phenoxy) is 2. The highest BCUT2D eigenvalue weighted by molar-refractivity contribution is 6.30. The molecule has 1 N–H and O–H groups in total. The maximum absolute atomic E-state index is 13.1. The first-order valence-electron chi connectivity index (χ1n) is 10.2. The molecule has 0 aromatic heterocycles. The van der Waals surface area contributed by atoms with Crippen molar-refractivity contribution in [2.24, 2.45) is 0 Å². The molecule has 3 rings (SSSR count). The summed E-state index contributed by atoms with van der Waals surface area (Å²) in [6.07, 6.45) is 2.42. The maximum atomic E-state index is 13.1. The summed E-state index contributed by atoms with van der Waals surface area (Å²) >= 11 is 5.99. The Hall–Kier alpha value is -2.73. The summed E-state index contributed by atoms with van der Waals surface area (Å²) in [5, 5.41) is 3.45. The van der Waals surface area contributed by atoms with Gasteiger partial charge in [-0.15, -0.1) is 0 Å². The van der Waals surface area contributed by atoms with E-state index >= 15 is 0 Å². The van der Waals surface area contributed by atoms with Crippen LogP contribution >= 0.6 is 11.6 Å². The molecule has 2 amide bonds. The second kappa shape index (κ2) is 10.9. The average Bonchev–Trinajstić information content (AvgIpc) is 2.96. The van der Waals surface area contributed by atoms with Gasteiger partial charge in [0.05, 0.1) is 6.61 Å². The van der Waals surface area contributed by atoms with Gasteiger partial charge in [-0.05, 0) is 62.1 Å². The second-order valence-corrected chi connectivity index (χ2v) is 7.58. The third-order valence-corrected chi connectivity index (χ3v) is 5.18. The molecule has 1 heterocycles. The van der Waals surface area contributed by atoms with Crippen molar-refractivity contribution in [2.45, 2.75) is 38.8 Å². The van der Waals surface area contributed by atoms with Gasteiger partial charge in [0, 0.05) is 18.1 Å². The molecule has 1 fully saturated rings. The van der Waals surface area contributed by atoms with Crippen molar-refractivity contribution in [1.82, 2.24) is 10.2 Å². The Labute approximate surface area is 182 Å². The minimum atomic E-state index is -0.519. The van der Waals surface area contributed by atoms with Gasteiger partial charge in [-0.25, -0.2) is 0 Å². The summed E-state index contributed by atoms with van der Waals surface area (Å²) in [4.78, 5) is 27.3. The van der Waals surface area contributed by atoms with E-state index in [4.69, 9.17) is 21.1 Å². The second-order valence-electron chi connectivity index (χ2n) is 7.15. The Morgan fingerprint density at radius 2 is 1.93 bits per heavy atom. The standard InChI is InChI=1S/C23H27ClN2O4/c1-2-29-19-11-9-17(10-12-19)15-26(21-8-3-4-13-25-23(21)28)22(27)16-30-20-7-5-6-18(24)14-20/h5-7,9-12,14,21H,2-4,8,13,15-16H2,1H3,(H,25,28). The highest BCUT2D eigenvalue weighted by atomic mass is 35.5. The molecule has 0 radical (unpaired) electrons. The van der Waals surface area contributed by atoms with Crippen molar-refractivity contribution in [2.75, 3.05) is 19.8 Å². The van der Waals surface area contributed by atoms with Crippen LogP contribution in [-0.4, -0.2) is 42.5 Å². The number of hydrogen-bond acceptors (Lipinski definition) is 4. The zero-order valence-corrected chi connectivity index (χ0v) is 17.9. The van der Waals surface area contributed by atoms with Crippen molar-refractivity contribution < 1.29 is 19.1 Å². The molecule has 1 aliphatic rings. The SMILES string of the molecule is CCOc1ccc(CN(C(=O)COc2cccc(Cl)c2)C2CCCCNC2=O)cc1. The fourth-order valence-electron chi connectivity index (χ4n) is 3.43. The van der Waals surface area contributed by atoms with Crippen LogP contribution < -0.4 is 14.8 Å². The van der Waals surface area contributed by atoms with E-state index in [1.807, 2.05) is 31.2 Å². The van der Waals surface area contributed by atoms with E-state index in [1.54, 1.807) is 29.2 Å². The quantitative estimate of drug-likeness (QED) is 0.691. The van der Waals surface area contributed by atoms with Gasteiger partial charge < -0.3 is 19.7 Å². The number of amides is 2. The average molecular weight is 431 g/mol. The highest BCUT2D eigenvalue weighted by Gasteiger charge is 2.31. The molecule has 2 aromatic rings. The highest BCUT2D eigenvalue weighted by Crippen LogP contribution is 2.20. The first-order valence-corrected chi connectivity index (χ1v) is 10.6. The van der Waals surface area contributed by atoms with Crippen LogP contribution in [0.15, 0.2) is 48.5 Å². The largest absolute Gasteiger partial charge is 0.494 e.